The maximum absolute atomic E-state index is 12.7. The number of carboxylic acid groups (broad SMARTS) is 1. The zero-order valence-electron chi connectivity index (χ0n) is 15.8. The number of fused-ring (bicyclic) bond motifs is 1. The second-order valence-corrected chi connectivity index (χ2v) is 11.2. The number of nitrogens with zero attached hydrogens (tertiary/aromatic N) is 3. The first-order valence-electron chi connectivity index (χ1n) is 8.97. The Balaban J connectivity index is 1.41. The van der Waals surface area contributed by atoms with Crippen LogP contribution in [0.25, 0.3) is 0 Å². The molecule has 2 aromatic rings. The third-order valence-electron chi connectivity index (χ3n) is 4.49. The number of thioether (sulfide) groups is 2. The number of nitrogens with one attached hydrogen (secondary N) is 1. The van der Waals surface area contributed by atoms with Gasteiger partial charge in [0.15, 0.2) is 0 Å². The Kier molecular flexibility index (Phi) is 6.74. The van der Waals surface area contributed by atoms with Gasteiger partial charge in [0.1, 0.15) is 27.9 Å². The fourth-order valence-electron chi connectivity index (χ4n) is 3.12. The van der Waals surface area contributed by atoms with Crippen LogP contribution in [0.1, 0.15) is 0 Å². The Morgan fingerprint density at radius 2 is 2.19 bits per heavy atom. The van der Waals surface area contributed by atoms with Gasteiger partial charge in [0.25, 0.3) is 5.91 Å². The summed E-state index contributed by atoms with van der Waals surface area (Å²) in [6, 6.07) is 6.12. The standard InChI is InChI=1S/C18H16N4O5S4/c23-11(9-31(27)13-4-2-6-28-13)20-14-16(24)22-15(18(25)26)10(8-30-17(14)22)7-29-12-3-1-5-19-21-12/h1-6,14,17H,7-9H2,(H,20,23)(H,25,26)/t14?,17-,31?/m0/s1. The number of hydrogen-bond acceptors (Lipinski definition) is 9. The molecule has 4 heterocycles. The molecule has 13 heteroatoms. The molecule has 0 aromatic carbocycles. The van der Waals surface area contributed by atoms with Crippen LogP contribution in [0.15, 0.2) is 56.3 Å². The molecule has 31 heavy (non-hydrogen) atoms. The van der Waals surface area contributed by atoms with E-state index >= 15 is 0 Å². The number of carbonyl (C=O) groups excluding carboxylic acids is 2. The van der Waals surface area contributed by atoms with Crippen molar-refractivity contribution in [3.63, 3.8) is 0 Å². The minimum absolute atomic E-state index is 0.0437. The van der Waals surface area contributed by atoms with Crippen LogP contribution in [0.4, 0.5) is 0 Å². The van der Waals surface area contributed by atoms with Crippen LogP contribution in [0.3, 0.4) is 0 Å². The SMILES string of the molecule is O=C(CS(=O)c1cccs1)NC1C(=O)N2C(C(=O)O)=C(CSc3cccnn3)CS[C@@H]12. The molecule has 2 N–H and O–H groups in total. The Morgan fingerprint density at radius 1 is 1.35 bits per heavy atom. The van der Waals surface area contributed by atoms with Crippen molar-refractivity contribution in [3.8, 4) is 0 Å². The van der Waals surface area contributed by atoms with Crippen molar-refractivity contribution in [1.82, 2.24) is 20.4 Å². The normalized spacial score (nSPS) is 21.3. The lowest BCUT2D eigenvalue weighted by atomic mass is 10.0. The minimum atomic E-state index is -1.48. The molecule has 4 rings (SSSR count). The summed E-state index contributed by atoms with van der Waals surface area (Å²) in [6.07, 6.45) is 1.55. The number of carbonyl (C=O) groups is 3. The summed E-state index contributed by atoms with van der Waals surface area (Å²) in [5, 5.41) is 22.0. The Bertz CT molecular complexity index is 1060. The zero-order chi connectivity index (χ0) is 22.0. The predicted molar refractivity (Wildman–Crippen MR) is 118 cm³/mol. The first kappa shape index (κ1) is 22.0. The van der Waals surface area contributed by atoms with Gasteiger partial charge in [-0.05, 0) is 29.2 Å². The molecule has 2 aromatic heterocycles. The van der Waals surface area contributed by atoms with Gasteiger partial charge in [0.2, 0.25) is 5.91 Å². The lowest BCUT2D eigenvalue weighted by molar-refractivity contribution is -0.150. The molecule has 0 radical (unpaired) electrons. The number of thiophene rings is 1. The highest BCUT2D eigenvalue weighted by Crippen LogP contribution is 2.41. The van der Waals surface area contributed by atoms with Crippen molar-refractivity contribution in [2.24, 2.45) is 0 Å². The fraction of sp³-hybridized carbons (Fsp3) is 0.278. The molecule has 162 valence electrons. The fourth-order valence-corrected chi connectivity index (χ4v) is 7.35. The third-order valence-corrected chi connectivity index (χ3v) is 9.45. The predicted octanol–water partition coefficient (Wildman–Crippen LogP) is 1.18. The second-order valence-electron chi connectivity index (χ2n) is 6.48. The van der Waals surface area contributed by atoms with Gasteiger partial charge in [0.05, 0.1) is 15.0 Å². The third kappa shape index (κ3) is 4.68. The van der Waals surface area contributed by atoms with Crippen LogP contribution in [-0.4, -0.2) is 70.9 Å². The molecule has 0 saturated carbocycles. The van der Waals surface area contributed by atoms with E-state index in [1.807, 2.05) is 0 Å². The molecule has 1 saturated heterocycles. The van der Waals surface area contributed by atoms with E-state index in [1.165, 1.54) is 39.8 Å². The number of β-lactam (4-membered cyclic amide) rings is 1. The molecule has 3 atom stereocenters. The highest BCUT2D eigenvalue weighted by molar-refractivity contribution is 8.01. The summed E-state index contributed by atoms with van der Waals surface area (Å²) >= 11 is 4.03. The molecular formula is C18H16N4O5S4. The number of rotatable bonds is 8. The molecule has 2 unspecified atom stereocenters. The Morgan fingerprint density at radius 3 is 2.87 bits per heavy atom. The van der Waals surface area contributed by atoms with Gasteiger partial charge in [-0.3, -0.25) is 18.7 Å². The van der Waals surface area contributed by atoms with Gasteiger partial charge in [-0.15, -0.1) is 40.0 Å². The number of carboxylic acids is 1. The number of hydrogen-bond donors (Lipinski definition) is 2. The van der Waals surface area contributed by atoms with Crippen molar-refractivity contribution >= 4 is 63.4 Å². The van der Waals surface area contributed by atoms with E-state index < -0.39 is 40.0 Å². The van der Waals surface area contributed by atoms with Crippen LogP contribution in [-0.2, 0) is 25.2 Å². The average Bonchev–Trinajstić information content (AvgIpc) is 3.31. The molecule has 2 aliphatic rings. The van der Waals surface area contributed by atoms with Gasteiger partial charge in [0, 0.05) is 17.7 Å². The molecular weight excluding hydrogens is 480 g/mol. The lowest BCUT2D eigenvalue weighted by Crippen LogP contribution is -2.70. The molecule has 2 aliphatic heterocycles. The van der Waals surface area contributed by atoms with E-state index in [0.29, 0.717) is 26.3 Å². The largest absolute Gasteiger partial charge is 0.477 e. The van der Waals surface area contributed by atoms with Crippen LogP contribution in [0.2, 0.25) is 0 Å². The number of aromatic nitrogens is 2. The van der Waals surface area contributed by atoms with Gasteiger partial charge >= 0.3 is 5.97 Å². The maximum Gasteiger partial charge on any atom is 0.352 e. The van der Waals surface area contributed by atoms with Gasteiger partial charge in [-0.1, -0.05) is 6.07 Å². The van der Waals surface area contributed by atoms with Crippen molar-refractivity contribution in [1.29, 1.82) is 0 Å². The van der Waals surface area contributed by atoms with Gasteiger partial charge < -0.3 is 10.4 Å². The van der Waals surface area contributed by atoms with E-state index in [1.54, 1.807) is 35.8 Å². The summed E-state index contributed by atoms with van der Waals surface area (Å²) < 4.78 is 12.8. The molecule has 2 amide bonds. The van der Waals surface area contributed by atoms with Crippen molar-refractivity contribution in [2.75, 3.05) is 17.3 Å². The van der Waals surface area contributed by atoms with Crippen LogP contribution >= 0.6 is 34.9 Å². The van der Waals surface area contributed by atoms with E-state index in [0.717, 1.165) is 0 Å². The highest BCUT2D eigenvalue weighted by atomic mass is 32.2. The summed E-state index contributed by atoms with van der Waals surface area (Å²) in [5.74, 6) is -1.64. The number of aliphatic carboxylic acids is 1. The van der Waals surface area contributed by atoms with E-state index in [4.69, 9.17) is 0 Å². The van der Waals surface area contributed by atoms with Crippen molar-refractivity contribution in [3.05, 3.63) is 47.1 Å². The Hall–Kier alpha value is -2.22. The summed E-state index contributed by atoms with van der Waals surface area (Å²) in [7, 11) is -1.48. The van der Waals surface area contributed by atoms with Crippen LogP contribution in [0.5, 0.6) is 0 Å². The van der Waals surface area contributed by atoms with Crippen LogP contribution < -0.4 is 5.32 Å². The second kappa shape index (κ2) is 9.51. The molecule has 1 fully saturated rings. The topological polar surface area (TPSA) is 130 Å². The van der Waals surface area contributed by atoms with Gasteiger partial charge in [-0.25, -0.2) is 4.79 Å². The lowest BCUT2D eigenvalue weighted by Gasteiger charge is -2.49. The van der Waals surface area contributed by atoms with Gasteiger partial charge in [-0.2, -0.15) is 5.10 Å². The smallest absolute Gasteiger partial charge is 0.352 e. The highest BCUT2D eigenvalue weighted by Gasteiger charge is 2.54. The monoisotopic (exact) mass is 496 g/mol. The zero-order valence-corrected chi connectivity index (χ0v) is 19.1. The molecule has 0 bridgehead atoms. The Labute approximate surface area is 192 Å². The molecule has 0 aliphatic carbocycles. The summed E-state index contributed by atoms with van der Waals surface area (Å²) in [5.41, 5.74) is 0.569. The average molecular weight is 497 g/mol. The maximum atomic E-state index is 12.7. The number of amides is 2. The van der Waals surface area contributed by atoms with Crippen LogP contribution in [0, 0.1) is 0 Å². The van der Waals surface area contributed by atoms with E-state index in [-0.39, 0.29) is 11.4 Å². The quantitative estimate of drug-likeness (QED) is 0.409. The van der Waals surface area contributed by atoms with E-state index in [9.17, 15) is 23.7 Å². The molecule has 9 nitrogen and oxygen atoms in total. The van der Waals surface area contributed by atoms with Crippen molar-refractivity contribution in [2.45, 2.75) is 20.7 Å². The first-order valence-corrected chi connectivity index (χ1v) is 13.2. The summed E-state index contributed by atoms with van der Waals surface area (Å²) in [4.78, 5) is 38.1. The molecule has 0 spiro atoms. The minimum Gasteiger partial charge on any atom is -0.477 e. The first-order chi connectivity index (χ1) is 15.0. The van der Waals surface area contributed by atoms with E-state index in [2.05, 4.69) is 15.5 Å². The van der Waals surface area contributed by atoms with Crippen molar-refractivity contribution < 1.29 is 23.7 Å². The summed E-state index contributed by atoms with van der Waals surface area (Å²) in [6.45, 7) is 0.